The Bertz CT molecular complexity index is 631. The molecule has 0 N–H and O–H groups in total. The first-order valence-corrected chi connectivity index (χ1v) is 10.7. The van der Waals surface area contributed by atoms with Crippen molar-refractivity contribution < 1.29 is 14.3 Å². The Labute approximate surface area is 125 Å². The molecule has 0 saturated heterocycles. The molecule has 0 unspecified atom stereocenters. The number of hydrogen-bond acceptors (Lipinski definition) is 4. The van der Waals surface area contributed by atoms with Crippen molar-refractivity contribution in [2.75, 3.05) is 13.7 Å². The van der Waals surface area contributed by atoms with Crippen molar-refractivity contribution in [1.29, 1.82) is 0 Å². The number of ether oxygens (including phenoxy) is 2. The van der Waals surface area contributed by atoms with Crippen LogP contribution in [0.3, 0.4) is 0 Å². The number of esters is 1. The second kappa shape index (κ2) is 6.40. The van der Waals surface area contributed by atoms with E-state index < -0.39 is 8.07 Å². The summed E-state index contributed by atoms with van der Waals surface area (Å²) in [6.45, 7) is 7.94. The molecule has 2 aromatic rings. The first-order chi connectivity index (χ1) is 9.92. The van der Waals surface area contributed by atoms with Crippen LogP contribution in [0.2, 0.25) is 25.7 Å². The number of fused-ring (bicyclic) bond motifs is 1. The quantitative estimate of drug-likeness (QED) is 0.467. The number of aromatic nitrogens is 2. The van der Waals surface area contributed by atoms with Crippen LogP contribution in [0.4, 0.5) is 0 Å². The fraction of sp³-hybridized carbons (Fsp3) is 0.467. The van der Waals surface area contributed by atoms with E-state index >= 15 is 0 Å². The third kappa shape index (κ3) is 3.92. The van der Waals surface area contributed by atoms with Gasteiger partial charge in [0.25, 0.3) is 0 Å². The Balaban J connectivity index is 2.18. The van der Waals surface area contributed by atoms with Crippen LogP contribution in [0.5, 0.6) is 0 Å². The highest BCUT2D eigenvalue weighted by Gasteiger charge is 2.17. The number of carbonyl (C=O) groups is 1. The van der Waals surface area contributed by atoms with E-state index in [9.17, 15) is 4.79 Å². The van der Waals surface area contributed by atoms with Gasteiger partial charge in [-0.25, -0.2) is 9.78 Å². The monoisotopic (exact) mass is 306 g/mol. The molecule has 0 radical (unpaired) electrons. The minimum atomic E-state index is -1.12. The molecule has 114 valence electrons. The predicted octanol–water partition coefficient (Wildman–Crippen LogP) is 3.14. The van der Waals surface area contributed by atoms with Crippen molar-refractivity contribution in [3.63, 3.8) is 0 Å². The summed E-state index contributed by atoms with van der Waals surface area (Å²) in [7, 11) is 0.262. The van der Waals surface area contributed by atoms with Crippen LogP contribution in [0.15, 0.2) is 24.4 Å². The van der Waals surface area contributed by atoms with Gasteiger partial charge in [-0.15, -0.1) is 0 Å². The van der Waals surface area contributed by atoms with Gasteiger partial charge in [-0.1, -0.05) is 19.6 Å². The SMILES string of the molecule is COC(=O)c1cc2cccnc2n1COCC[Si](C)(C)C. The topological polar surface area (TPSA) is 53.3 Å². The lowest BCUT2D eigenvalue weighted by Crippen LogP contribution is -2.22. The second-order valence-corrected chi connectivity index (χ2v) is 11.8. The molecule has 0 aliphatic carbocycles. The highest BCUT2D eigenvalue weighted by Crippen LogP contribution is 2.19. The summed E-state index contributed by atoms with van der Waals surface area (Å²) in [5.41, 5.74) is 1.21. The maximum Gasteiger partial charge on any atom is 0.354 e. The molecule has 2 rings (SSSR count). The molecule has 0 amide bonds. The molecule has 0 aliphatic rings. The molecular formula is C15H22N2O3Si. The minimum Gasteiger partial charge on any atom is -0.464 e. The zero-order chi connectivity index (χ0) is 15.5. The fourth-order valence-electron chi connectivity index (χ4n) is 2.03. The van der Waals surface area contributed by atoms with Crippen LogP contribution in [0.1, 0.15) is 10.5 Å². The summed E-state index contributed by atoms with van der Waals surface area (Å²) >= 11 is 0. The average molecular weight is 306 g/mol. The molecular weight excluding hydrogens is 284 g/mol. The van der Waals surface area contributed by atoms with Crippen LogP contribution in [-0.4, -0.2) is 37.3 Å². The highest BCUT2D eigenvalue weighted by molar-refractivity contribution is 6.76. The molecule has 5 nitrogen and oxygen atoms in total. The van der Waals surface area contributed by atoms with E-state index in [0.717, 1.165) is 17.1 Å². The van der Waals surface area contributed by atoms with Gasteiger partial charge in [0.15, 0.2) is 0 Å². The number of rotatable bonds is 6. The summed E-state index contributed by atoms with van der Waals surface area (Å²) in [6, 6.07) is 6.65. The number of hydrogen-bond donors (Lipinski definition) is 0. The summed E-state index contributed by atoms with van der Waals surface area (Å²) in [4.78, 5) is 16.2. The Morgan fingerprint density at radius 3 is 2.81 bits per heavy atom. The average Bonchev–Trinajstić information content (AvgIpc) is 2.80. The standard InChI is InChI=1S/C15H22N2O3Si/c1-19-15(18)13-10-12-6-5-7-16-14(12)17(13)11-20-8-9-21(2,3)4/h5-7,10H,8-9,11H2,1-4H3. The lowest BCUT2D eigenvalue weighted by Gasteiger charge is -2.16. The van der Waals surface area contributed by atoms with Crippen molar-refractivity contribution in [3.8, 4) is 0 Å². The van der Waals surface area contributed by atoms with Gasteiger partial charge in [0, 0.05) is 26.3 Å². The van der Waals surface area contributed by atoms with Gasteiger partial charge < -0.3 is 9.47 Å². The highest BCUT2D eigenvalue weighted by atomic mass is 28.3. The number of nitrogens with zero attached hydrogens (tertiary/aromatic N) is 2. The molecule has 0 aliphatic heterocycles. The van der Waals surface area contributed by atoms with Gasteiger partial charge in [0.05, 0.1) is 7.11 Å². The zero-order valence-corrected chi connectivity index (χ0v) is 14.0. The Morgan fingerprint density at radius 2 is 2.14 bits per heavy atom. The molecule has 6 heteroatoms. The summed E-state index contributed by atoms with van der Waals surface area (Å²) in [5.74, 6) is -0.373. The van der Waals surface area contributed by atoms with Gasteiger partial charge in [0.2, 0.25) is 0 Å². The third-order valence-corrected chi connectivity index (χ3v) is 4.97. The summed E-state index contributed by atoms with van der Waals surface area (Å²) in [6.07, 6.45) is 1.71. The van der Waals surface area contributed by atoms with Crippen LogP contribution >= 0.6 is 0 Å². The number of methoxy groups -OCH3 is 1. The lowest BCUT2D eigenvalue weighted by atomic mass is 10.3. The van der Waals surface area contributed by atoms with E-state index in [1.165, 1.54) is 7.11 Å². The first-order valence-electron chi connectivity index (χ1n) is 7.03. The Hall–Kier alpha value is -1.66. The van der Waals surface area contributed by atoms with Gasteiger partial charge >= 0.3 is 5.97 Å². The molecule has 0 atom stereocenters. The van der Waals surface area contributed by atoms with E-state index in [1.54, 1.807) is 16.8 Å². The van der Waals surface area contributed by atoms with E-state index in [2.05, 4.69) is 24.6 Å². The van der Waals surface area contributed by atoms with Crippen molar-refractivity contribution in [2.24, 2.45) is 0 Å². The van der Waals surface area contributed by atoms with Crippen LogP contribution in [0.25, 0.3) is 11.0 Å². The van der Waals surface area contributed by atoms with E-state index in [0.29, 0.717) is 19.0 Å². The van der Waals surface area contributed by atoms with Gasteiger partial charge in [-0.3, -0.25) is 4.57 Å². The minimum absolute atomic E-state index is 0.315. The van der Waals surface area contributed by atoms with E-state index in [4.69, 9.17) is 9.47 Å². The number of carbonyl (C=O) groups excluding carboxylic acids is 1. The molecule has 2 aromatic heterocycles. The van der Waals surface area contributed by atoms with Gasteiger partial charge in [-0.2, -0.15) is 0 Å². The second-order valence-electron chi connectivity index (χ2n) is 6.21. The predicted molar refractivity (Wildman–Crippen MR) is 85.2 cm³/mol. The third-order valence-electron chi connectivity index (χ3n) is 3.27. The largest absolute Gasteiger partial charge is 0.464 e. The number of pyridine rings is 1. The maximum absolute atomic E-state index is 11.9. The first kappa shape index (κ1) is 15.7. The normalized spacial score (nSPS) is 11.8. The summed E-state index contributed by atoms with van der Waals surface area (Å²) in [5, 5.41) is 0.909. The molecule has 0 fully saturated rings. The fourth-order valence-corrected chi connectivity index (χ4v) is 2.78. The van der Waals surface area contributed by atoms with Crippen LogP contribution in [-0.2, 0) is 16.2 Å². The molecule has 0 spiro atoms. The van der Waals surface area contributed by atoms with E-state index in [-0.39, 0.29) is 5.97 Å². The van der Waals surface area contributed by atoms with Crippen molar-refractivity contribution >= 4 is 25.1 Å². The molecule has 0 aromatic carbocycles. The maximum atomic E-state index is 11.9. The van der Waals surface area contributed by atoms with Crippen molar-refractivity contribution in [3.05, 3.63) is 30.1 Å². The Morgan fingerprint density at radius 1 is 1.38 bits per heavy atom. The van der Waals surface area contributed by atoms with E-state index in [1.807, 2.05) is 12.1 Å². The molecule has 21 heavy (non-hydrogen) atoms. The van der Waals surface area contributed by atoms with Crippen LogP contribution < -0.4 is 0 Å². The van der Waals surface area contributed by atoms with Crippen LogP contribution in [0, 0.1) is 0 Å². The summed E-state index contributed by atoms with van der Waals surface area (Å²) < 4.78 is 12.3. The van der Waals surface area contributed by atoms with Crippen molar-refractivity contribution in [2.45, 2.75) is 32.4 Å². The van der Waals surface area contributed by atoms with Crippen molar-refractivity contribution in [1.82, 2.24) is 9.55 Å². The zero-order valence-electron chi connectivity index (χ0n) is 13.0. The van der Waals surface area contributed by atoms with Gasteiger partial charge in [-0.05, 0) is 24.2 Å². The molecule has 0 bridgehead atoms. The molecule has 2 heterocycles. The molecule has 0 saturated carbocycles. The van der Waals surface area contributed by atoms with Gasteiger partial charge in [0.1, 0.15) is 18.1 Å². The smallest absolute Gasteiger partial charge is 0.354 e. The lowest BCUT2D eigenvalue weighted by molar-refractivity contribution is 0.0545. The Kier molecular flexibility index (Phi) is 4.79.